The van der Waals surface area contributed by atoms with Crippen molar-refractivity contribution in [2.24, 2.45) is 0 Å². The summed E-state index contributed by atoms with van der Waals surface area (Å²) >= 11 is 3.42. The largest absolute Gasteiger partial charge is 0.314 e. The molecule has 0 amide bonds. The molecule has 13 heavy (non-hydrogen) atoms. The average molecular weight is 240 g/mol. The number of imidazole rings is 1. The minimum absolute atomic E-state index is 0.805. The molecular formula is C9H10BrN3. The second kappa shape index (κ2) is 3.47. The summed E-state index contributed by atoms with van der Waals surface area (Å²) in [6, 6.07) is 3.98. The van der Waals surface area contributed by atoms with Crippen LogP contribution in [0.1, 0.15) is 5.69 Å². The Bertz CT molecular complexity index is 422. The summed E-state index contributed by atoms with van der Waals surface area (Å²) in [5.41, 5.74) is 2.04. The van der Waals surface area contributed by atoms with Crippen molar-refractivity contribution in [3.8, 4) is 0 Å². The molecule has 0 saturated heterocycles. The van der Waals surface area contributed by atoms with Gasteiger partial charge in [0.25, 0.3) is 0 Å². The van der Waals surface area contributed by atoms with Crippen LogP contribution in [0.2, 0.25) is 0 Å². The molecule has 2 heterocycles. The van der Waals surface area contributed by atoms with Crippen LogP contribution in [0.4, 0.5) is 0 Å². The Morgan fingerprint density at radius 3 is 3.08 bits per heavy atom. The molecule has 4 heteroatoms. The summed E-state index contributed by atoms with van der Waals surface area (Å²) in [4.78, 5) is 4.42. The maximum absolute atomic E-state index is 4.42. The number of halogens is 1. The van der Waals surface area contributed by atoms with Crippen molar-refractivity contribution in [2.75, 3.05) is 7.05 Å². The molecule has 0 spiro atoms. The topological polar surface area (TPSA) is 29.3 Å². The van der Waals surface area contributed by atoms with Crippen LogP contribution in [-0.4, -0.2) is 16.4 Å². The van der Waals surface area contributed by atoms with Crippen molar-refractivity contribution in [1.29, 1.82) is 0 Å². The number of nitrogens with zero attached hydrogens (tertiary/aromatic N) is 2. The molecule has 0 aliphatic rings. The van der Waals surface area contributed by atoms with E-state index in [0.29, 0.717) is 0 Å². The Kier molecular flexibility index (Phi) is 2.33. The third-order valence-electron chi connectivity index (χ3n) is 1.82. The average Bonchev–Trinajstić information content (AvgIpc) is 2.46. The molecule has 0 aromatic carbocycles. The van der Waals surface area contributed by atoms with E-state index in [0.717, 1.165) is 22.4 Å². The molecule has 0 aliphatic heterocycles. The molecule has 2 aromatic rings. The molecule has 68 valence electrons. The lowest BCUT2D eigenvalue weighted by atomic mass is 10.5. The normalized spacial score (nSPS) is 10.9. The lowest BCUT2D eigenvalue weighted by molar-refractivity contribution is 0.798. The fourth-order valence-electron chi connectivity index (χ4n) is 1.28. The first-order valence-corrected chi connectivity index (χ1v) is 4.86. The molecule has 0 saturated carbocycles. The zero-order valence-corrected chi connectivity index (χ0v) is 8.87. The molecule has 1 N–H and O–H groups in total. The van der Waals surface area contributed by atoms with E-state index in [1.54, 1.807) is 0 Å². The summed E-state index contributed by atoms with van der Waals surface area (Å²) in [5, 5.41) is 3.07. The number of hydrogen-bond donors (Lipinski definition) is 1. The second-order valence-electron chi connectivity index (χ2n) is 2.88. The van der Waals surface area contributed by atoms with Gasteiger partial charge in [-0.2, -0.15) is 0 Å². The predicted octanol–water partition coefficient (Wildman–Crippen LogP) is 1.82. The smallest absolute Gasteiger partial charge is 0.137 e. The van der Waals surface area contributed by atoms with E-state index in [1.165, 1.54) is 0 Å². The van der Waals surface area contributed by atoms with Gasteiger partial charge in [-0.25, -0.2) is 4.98 Å². The van der Waals surface area contributed by atoms with Gasteiger partial charge in [0.2, 0.25) is 0 Å². The lowest BCUT2D eigenvalue weighted by Crippen LogP contribution is -2.04. The third-order valence-corrected chi connectivity index (χ3v) is 2.29. The minimum atomic E-state index is 0.805. The highest BCUT2D eigenvalue weighted by atomic mass is 79.9. The van der Waals surface area contributed by atoms with Gasteiger partial charge in [-0.1, -0.05) is 0 Å². The molecule has 0 unspecified atom stereocenters. The maximum Gasteiger partial charge on any atom is 0.137 e. The van der Waals surface area contributed by atoms with Gasteiger partial charge in [0.05, 0.1) is 5.69 Å². The van der Waals surface area contributed by atoms with Gasteiger partial charge in [-0.3, -0.25) is 0 Å². The summed E-state index contributed by atoms with van der Waals surface area (Å²) in [6.07, 6.45) is 4.03. The molecule has 0 fully saturated rings. The van der Waals surface area contributed by atoms with Crippen LogP contribution in [0, 0.1) is 0 Å². The standard InChI is InChI=1S/C9H10BrN3/c1-11-4-8-6-13-5-7(10)2-3-9(13)12-8/h2-3,5-6,11H,4H2,1H3. The van der Waals surface area contributed by atoms with E-state index >= 15 is 0 Å². The predicted molar refractivity (Wildman–Crippen MR) is 55.7 cm³/mol. The first-order valence-electron chi connectivity index (χ1n) is 4.07. The fourth-order valence-corrected chi connectivity index (χ4v) is 1.64. The van der Waals surface area contributed by atoms with Crippen molar-refractivity contribution in [1.82, 2.24) is 14.7 Å². The van der Waals surface area contributed by atoms with Crippen LogP contribution in [0.25, 0.3) is 5.65 Å². The highest BCUT2D eigenvalue weighted by molar-refractivity contribution is 9.10. The summed E-state index contributed by atoms with van der Waals surface area (Å²) < 4.78 is 3.07. The number of nitrogens with one attached hydrogen (secondary N) is 1. The highest BCUT2D eigenvalue weighted by Crippen LogP contribution is 2.12. The van der Waals surface area contributed by atoms with Crippen LogP contribution in [0.5, 0.6) is 0 Å². The van der Waals surface area contributed by atoms with Gasteiger partial charge in [-0.05, 0) is 35.1 Å². The number of fused-ring (bicyclic) bond motifs is 1. The van der Waals surface area contributed by atoms with E-state index in [4.69, 9.17) is 0 Å². The monoisotopic (exact) mass is 239 g/mol. The SMILES string of the molecule is CNCc1cn2cc(Br)ccc2n1. The maximum atomic E-state index is 4.42. The molecule has 0 aliphatic carbocycles. The van der Waals surface area contributed by atoms with Crippen LogP contribution in [0.3, 0.4) is 0 Å². The van der Waals surface area contributed by atoms with E-state index in [9.17, 15) is 0 Å². The van der Waals surface area contributed by atoms with E-state index in [1.807, 2.05) is 36.0 Å². The molecule has 0 atom stereocenters. The Balaban J connectivity index is 2.49. The molecule has 0 radical (unpaired) electrons. The second-order valence-corrected chi connectivity index (χ2v) is 3.79. The molecular weight excluding hydrogens is 230 g/mol. The summed E-state index contributed by atoms with van der Waals surface area (Å²) in [5.74, 6) is 0. The van der Waals surface area contributed by atoms with Crippen molar-refractivity contribution in [3.05, 3.63) is 34.7 Å². The van der Waals surface area contributed by atoms with Crippen LogP contribution in [-0.2, 0) is 6.54 Å². The van der Waals surface area contributed by atoms with E-state index < -0.39 is 0 Å². The number of rotatable bonds is 2. The van der Waals surface area contributed by atoms with Crippen molar-refractivity contribution >= 4 is 21.6 Å². The fraction of sp³-hybridized carbons (Fsp3) is 0.222. The minimum Gasteiger partial charge on any atom is -0.314 e. The zero-order chi connectivity index (χ0) is 9.26. The van der Waals surface area contributed by atoms with Crippen molar-refractivity contribution < 1.29 is 0 Å². The van der Waals surface area contributed by atoms with Gasteiger partial charge >= 0.3 is 0 Å². The Hall–Kier alpha value is -0.870. The van der Waals surface area contributed by atoms with Gasteiger partial charge in [0.15, 0.2) is 0 Å². The van der Waals surface area contributed by atoms with Gasteiger partial charge < -0.3 is 9.72 Å². The molecule has 2 rings (SSSR count). The van der Waals surface area contributed by atoms with Gasteiger partial charge in [0, 0.05) is 23.4 Å². The molecule has 2 aromatic heterocycles. The van der Waals surface area contributed by atoms with Crippen molar-refractivity contribution in [2.45, 2.75) is 6.54 Å². The Morgan fingerprint density at radius 1 is 1.46 bits per heavy atom. The molecule has 0 bridgehead atoms. The van der Waals surface area contributed by atoms with E-state index in [2.05, 4.69) is 26.2 Å². The van der Waals surface area contributed by atoms with E-state index in [-0.39, 0.29) is 0 Å². The quantitative estimate of drug-likeness (QED) is 0.867. The van der Waals surface area contributed by atoms with Gasteiger partial charge in [0.1, 0.15) is 5.65 Å². The number of pyridine rings is 1. The Morgan fingerprint density at radius 2 is 2.31 bits per heavy atom. The van der Waals surface area contributed by atoms with Crippen LogP contribution in [0.15, 0.2) is 29.0 Å². The third kappa shape index (κ3) is 1.73. The zero-order valence-electron chi connectivity index (χ0n) is 7.29. The molecule has 3 nitrogen and oxygen atoms in total. The Labute approximate surface area is 84.9 Å². The summed E-state index contributed by atoms with van der Waals surface area (Å²) in [6.45, 7) is 0.805. The van der Waals surface area contributed by atoms with Crippen LogP contribution >= 0.6 is 15.9 Å². The first-order chi connectivity index (χ1) is 6.29. The first kappa shape index (κ1) is 8.72. The lowest BCUT2D eigenvalue weighted by Gasteiger charge is -1.91. The van der Waals surface area contributed by atoms with Gasteiger partial charge in [-0.15, -0.1) is 0 Å². The van der Waals surface area contributed by atoms with Crippen LogP contribution < -0.4 is 5.32 Å². The number of hydrogen-bond acceptors (Lipinski definition) is 2. The van der Waals surface area contributed by atoms with Crippen molar-refractivity contribution in [3.63, 3.8) is 0 Å². The summed E-state index contributed by atoms with van der Waals surface area (Å²) in [7, 11) is 1.92. The highest BCUT2D eigenvalue weighted by Gasteiger charge is 1.99. The number of aromatic nitrogens is 2.